The zero-order valence-corrected chi connectivity index (χ0v) is 22.7. The number of nitrogens with one attached hydrogen (secondary N) is 1. The minimum Gasteiger partial charge on any atom is -0.479 e. The van der Waals surface area contributed by atoms with Gasteiger partial charge in [0.2, 0.25) is 5.28 Å². The van der Waals surface area contributed by atoms with E-state index in [-0.39, 0.29) is 30.7 Å². The molecule has 216 valence electrons. The maximum Gasteiger partial charge on any atom is 0.348 e. The van der Waals surface area contributed by atoms with Gasteiger partial charge in [0.05, 0.1) is 25.0 Å². The lowest BCUT2D eigenvalue weighted by atomic mass is 9.94. The first-order valence-electron chi connectivity index (χ1n) is 12.8. The number of halogens is 2. The fourth-order valence-corrected chi connectivity index (χ4v) is 4.98. The molecule has 0 radical (unpaired) electrons. The van der Waals surface area contributed by atoms with Crippen LogP contribution in [0.4, 0.5) is 10.2 Å². The topological polar surface area (TPSA) is 149 Å². The van der Waals surface area contributed by atoms with E-state index in [0.717, 1.165) is 0 Å². The van der Waals surface area contributed by atoms with Crippen molar-refractivity contribution in [2.24, 2.45) is 5.92 Å². The molecule has 5 rings (SSSR count). The lowest BCUT2D eigenvalue weighted by Crippen LogP contribution is -2.52. The molecular weight excluding hydrogens is 569 g/mol. The maximum atomic E-state index is 13.6. The number of hydrogen-bond acceptors (Lipinski definition) is 8. The number of ether oxygens (including phenoxy) is 2. The quantitative estimate of drug-likeness (QED) is 0.133. The molecule has 3 unspecified atom stereocenters. The lowest BCUT2D eigenvalue weighted by Gasteiger charge is -2.27. The first kappa shape index (κ1) is 28.9. The molecule has 0 saturated carbocycles. The van der Waals surface area contributed by atoms with E-state index in [4.69, 9.17) is 27.5 Å². The zero-order chi connectivity index (χ0) is 29.9. The number of fused-ring (bicyclic) bond motifs is 1. The molecule has 1 aliphatic heterocycles. The molecule has 4 aromatic rings. The highest BCUT2D eigenvalue weighted by Crippen LogP contribution is 2.36. The van der Waals surface area contributed by atoms with Crippen LogP contribution in [0.25, 0.3) is 11.2 Å². The van der Waals surface area contributed by atoms with E-state index in [1.807, 2.05) is 0 Å². The summed E-state index contributed by atoms with van der Waals surface area (Å²) in [7, 11) is 0. The minimum absolute atomic E-state index is 0.0639. The van der Waals surface area contributed by atoms with Crippen LogP contribution < -0.4 is 5.32 Å². The van der Waals surface area contributed by atoms with Crippen LogP contribution in [0.2, 0.25) is 5.28 Å². The molecule has 1 aliphatic rings. The first-order chi connectivity index (χ1) is 20.2. The van der Waals surface area contributed by atoms with Crippen molar-refractivity contribution in [1.29, 1.82) is 0 Å². The van der Waals surface area contributed by atoms with Crippen LogP contribution >= 0.6 is 11.6 Å². The van der Waals surface area contributed by atoms with Gasteiger partial charge in [0.25, 0.3) is 5.60 Å². The van der Waals surface area contributed by atoms with E-state index in [1.165, 1.54) is 18.5 Å². The van der Waals surface area contributed by atoms with Gasteiger partial charge in [-0.15, -0.1) is 12.3 Å². The van der Waals surface area contributed by atoms with Crippen molar-refractivity contribution in [3.05, 3.63) is 83.2 Å². The molecule has 3 atom stereocenters. The Hall–Kier alpha value is -4.57. The van der Waals surface area contributed by atoms with Crippen molar-refractivity contribution in [2.75, 3.05) is 11.9 Å². The monoisotopic (exact) mass is 593 g/mol. The van der Waals surface area contributed by atoms with Crippen LogP contribution in [-0.2, 0) is 32.0 Å². The minimum atomic E-state index is -2.55. The Labute approximate surface area is 244 Å². The molecule has 1 fully saturated rings. The molecule has 42 heavy (non-hydrogen) atoms. The molecule has 13 heteroatoms. The average molecular weight is 594 g/mol. The summed E-state index contributed by atoms with van der Waals surface area (Å²) in [4.78, 5) is 37.3. The number of terminal acetylenes is 1. The van der Waals surface area contributed by atoms with Gasteiger partial charge in [-0.25, -0.2) is 19.0 Å². The molecule has 0 amide bonds. The Morgan fingerprint density at radius 1 is 1.17 bits per heavy atom. The second-order valence-corrected chi connectivity index (χ2v) is 10.0. The fourth-order valence-electron chi connectivity index (χ4n) is 4.81. The highest BCUT2D eigenvalue weighted by molar-refractivity contribution is 6.28. The number of benzene rings is 2. The van der Waals surface area contributed by atoms with Crippen molar-refractivity contribution in [3.63, 3.8) is 0 Å². The van der Waals surface area contributed by atoms with Gasteiger partial charge >= 0.3 is 11.9 Å². The van der Waals surface area contributed by atoms with Crippen molar-refractivity contribution in [2.45, 2.75) is 37.3 Å². The third-order valence-corrected chi connectivity index (χ3v) is 7.15. The zero-order valence-electron chi connectivity index (χ0n) is 22.0. The first-order valence-corrected chi connectivity index (χ1v) is 13.2. The van der Waals surface area contributed by atoms with E-state index in [2.05, 4.69) is 26.2 Å². The summed E-state index contributed by atoms with van der Waals surface area (Å²) in [6.07, 6.45) is 5.62. The molecular formula is C29H25ClFN5O6. The standard InChI is InChI=1S/C29H25ClFN5O6/c1-2-19-12-22(42-21(19)15-41-29(26(37)38,27(39)40)13-17-7-4-3-5-8-17)36-16-33-23-24(34-28(30)35-25(23)36)32-14-18-9-6-10-20(31)11-18/h1,3-11,16,19,21-22H,12-15H2,(H,37,38)(H,39,40)(H,32,34,35). The number of aromatic nitrogens is 4. The van der Waals surface area contributed by atoms with Gasteiger partial charge in [0, 0.05) is 19.4 Å². The molecule has 1 saturated heterocycles. The third kappa shape index (κ3) is 5.89. The molecule has 0 bridgehead atoms. The number of carbonyl (C=O) groups is 2. The summed E-state index contributed by atoms with van der Waals surface area (Å²) in [5, 5.41) is 22.8. The molecule has 3 heterocycles. The second-order valence-electron chi connectivity index (χ2n) is 9.70. The molecule has 0 spiro atoms. The summed E-state index contributed by atoms with van der Waals surface area (Å²) in [6.45, 7) is -0.136. The van der Waals surface area contributed by atoms with Crippen LogP contribution in [0.15, 0.2) is 60.9 Å². The fraction of sp³-hybridized carbons (Fsp3) is 0.276. The Morgan fingerprint density at radius 3 is 2.60 bits per heavy atom. The smallest absolute Gasteiger partial charge is 0.348 e. The normalized spacial score (nSPS) is 18.5. The van der Waals surface area contributed by atoms with Gasteiger partial charge in [-0.05, 0) is 34.9 Å². The number of carboxylic acid groups (broad SMARTS) is 2. The SMILES string of the molecule is C#CC1CC(n2cnc3c(NCc4cccc(F)c4)nc(Cl)nc32)OC1COC(Cc1ccccc1)(C(=O)O)C(=O)O. The van der Waals surface area contributed by atoms with Gasteiger partial charge in [-0.2, -0.15) is 9.97 Å². The van der Waals surface area contributed by atoms with E-state index in [9.17, 15) is 24.2 Å². The summed E-state index contributed by atoms with van der Waals surface area (Å²) >= 11 is 6.21. The third-order valence-electron chi connectivity index (χ3n) is 6.98. The average Bonchev–Trinajstić information content (AvgIpc) is 3.58. The van der Waals surface area contributed by atoms with E-state index in [1.54, 1.807) is 47.0 Å². The molecule has 11 nitrogen and oxygen atoms in total. The Balaban J connectivity index is 1.35. The second kappa shape index (κ2) is 12.1. The number of aliphatic carboxylic acids is 2. The van der Waals surface area contributed by atoms with Crippen LogP contribution in [0.1, 0.15) is 23.8 Å². The van der Waals surface area contributed by atoms with Gasteiger partial charge in [0.15, 0.2) is 17.0 Å². The van der Waals surface area contributed by atoms with Gasteiger partial charge in [-0.1, -0.05) is 42.5 Å². The highest BCUT2D eigenvalue weighted by atomic mass is 35.5. The number of hydrogen-bond donors (Lipinski definition) is 3. The number of nitrogens with zero attached hydrogens (tertiary/aromatic N) is 4. The van der Waals surface area contributed by atoms with Crippen LogP contribution in [0.3, 0.4) is 0 Å². The van der Waals surface area contributed by atoms with Crippen LogP contribution in [0, 0.1) is 24.1 Å². The maximum absolute atomic E-state index is 13.6. The van der Waals surface area contributed by atoms with E-state index >= 15 is 0 Å². The van der Waals surface area contributed by atoms with Crippen molar-refractivity contribution in [3.8, 4) is 12.3 Å². The van der Waals surface area contributed by atoms with E-state index < -0.39 is 42.2 Å². The molecule has 0 aliphatic carbocycles. The Bertz CT molecular complexity index is 1650. The highest BCUT2D eigenvalue weighted by Gasteiger charge is 2.50. The summed E-state index contributed by atoms with van der Waals surface area (Å²) in [6, 6.07) is 14.4. The number of carboxylic acids is 2. The largest absolute Gasteiger partial charge is 0.479 e. The lowest BCUT2D eigenvalue weighted by molar-refractivity contribution is -0.188. The summed E-state index contributed by atoms with van der Waals surface area (Å²) in [5.74, 6) is -1.23. The van der Waals surface area contributed by atoms with Crippen molar-refractivity contribution < 1.29 is 33.7 Å². The number of rotatable bonds is 11. The van der Waals surface area contributed by atoms with Gasteiger partial charge in [-0.3, -0.25) is 4.57 Å². The van der Waals surface area contributed by atoms with E-state index in [0.29, 0.717) is 28.1 Å². The summed E-state index contributed by atoms with van der Waals surface area (Å²) in [5.41, 5.74) is -0.665. The van der Waals surface area contributed by atoms with Gasteiger partial charge < -0.3 is 25.0 Å². The Kier molecular flexibility index (Phi) is 8.35. The van der Waals surface area contributed by atoms with Crippen molar-refractivity contribution >= 4 is 40.5 Å². The summed E-state index contributed by atoms with van der Waals surface area (Å²) < 4.78 is 27.0. The van der Waals surface area contributed by atoms with Crippen LogP contribution in [0.5, 0.6) is 0 Å². The number of imidazole rings is 1. The number of anilines is 1. The van der Waals surface area contributed by atoms with Crippen molar-refractivity contribution in [1.82, 2.24) is 19.5 Å². The van der Waals surface area contributed by atoms with Gasteiger partial charge in [0.1, 0.15) is 12.0 Å². The predicted octanol–water partition coefficient (Wildman–Crippen LogP) is 3.94. The molecule has 3 N–H and O–H groups in total. The Morgan fingerprint density at radius 2 is 1.90 bits per heavy atom. The molecule has 2 aromatic carbocycles. The molecule has 2 aromatic heterocycles. The van der Waals surface area contributed by atoms with Crippen LogP contribution in [-0.4, -0.2) is 60.0 Å². The predicted molar refractivity (Wildman–Crippen MR) is 149 cm³/mol.